The summed E-state index contributed by atoms with van der Waals surface area (Å²) in [5, 5.41) is 2.89. The van der Waals surface area contributed by atoms with Gasteiger partial charge in [0.2, 0.25) is 5.91 Å². The molecule has 1 amide bonds. The van der Waals surface area contributed by atoms with Crippen molar-refractivity contribution >= 4 is 5.91 Å². The SMILES string of the molecule is CCCC(N)CC(=O)NCC(C)(C)C. The Morgan fingerprint density at radius 3 is 2.43 bits per heavy atom. The Kier molecular flexibility index (Phi) is 5.77. The summed E-state index contributed by atoms with van der Waals surface area (Å²) in [5.74, 6) is 0.0703. The molecule has 0 rings (SSSR count). The van der Waals surface area contributed by atoms with Crippen molar-refractivity contribution < 1.29 is 4.79 Å². The van der Waals surface area contributed by atoms with Crippen LogP contribution in [-0.4, -0.2) is 18.5 Å². The van der Waals surface area contributed by atoms with Gasteiger partial charge in [-0.1, -0.05) is 34.1 Å². The Hall–Kier alpha value is -0.570. The number of carbonyl (C=O) groups excluding carboxylic acids is 1. The van der Waals surface area contributed by atoms with E-state index in [1.165, 1.54) is 0 Å². The minimum absolute atomic E-state index is 0.0139. The smallest absolute Gasteiger partial charge is 0.221 e. The lowest BCUT2D eigenvalue weighted by Crippen LogP contribution is -2.36. The first-order valence-corrected chi connectivity index (χ1v) is 5.37. The molecule has 0 aromatic carbocycles. The first kappa shape index (κ1) is 13.4. The molecular weight excluding hydrogens is 176 g/mol. The predicted molar refractivity (Wildman–Crippen MR) is 60.0 cm³/mol. The van der Waals surface area contributed by atoms with Crippen LogP contribution >= 0.6 is 0 Å². The Bertz CT molecular complexity index is 173. The Labute approximate surface area is 87.4 Å². The van der Waals surface area contributed by atoms with Crippen LogP contribution in [0.2, 0.25) is 0 Å². The number of rotatable bonds is 5. The van der Waals surface area contributed by atoms with Gasteiger partial charge in [0.1, 0.15) is 0 Å². The molecule has 0 aliphatic rings. The average Bonchev–Trinajstić information content (AvgIpc) is 2.00. The van der Waals surface area contributed by atoms with Crippen LogP contribution in [0, 0.1) is 5.41 Å². The molecule has 14 heavy (non-hydrogen) atoms. The summed E-state index contributed by atoms with van der Waals surface area (Å²) in [7, 11) is 0. The van der Waals surface area contributed by atoms with Gasteiger partial charge in [0.15, 0.2) is 0 Å². The molecule has 84 valence electrons. The lowest BCUT2D eigenvalue weighted by molar-refractivity contribution is -0.121. The van der Waals surface area contributed by atoms with Crippen LogP contribution in [0.3, 0.4) is 0 Å². The van der Waals surface area contributed by atoms with E-state index in [0.717, 1.165) is 12.8 Å². The van der Waals surface area contributed by atoms with Crippen molar-refractivity contribution in [3.05, 3.63) is 0 Å². The van der Waals surface area contributed by atoms with Crippen LogP contribution in [0.5, 0.6) is 0 Å². The number of carbonyl (C=O) groups is 1. The highest BCUT2D eigenvalue weighted by Crippen LogP contribution is 2.10. The molecule has 0 aliphatic carbocycles. The van der Waals surface area contributed by atoms with E-state index in [1.807, 2.05) is 0 Å². The van der Waals surface area contributed by atoms with Gasteiger partial charge in [-0.3, -0.25) is 4.79 Å². The maximum absolute atomic E-state index is 11.4. The van der Waals surface area contributed by atoms with Crippen molar-refractivity contribution in [2.75, 3.05) is 6.54 Å². The summed E-state index contributed by atoms with van der Waals surface area (Å²) >= 11 is 0. The van der Waals surface area contributed by atoms with Gasteiger partial charge in [0.05, 0.1) is 0 Å². The lowest BCUT2D eigenvalue weighted by atomic mass is 9.97. The number of nitrogens with one attached hydrogen (secondary N) is 1. The van der Waals surface area contributed by atoms with E-state index < -0.39 is 0 Å². The van der Waals surface area contributed by atoms with Gasteiger partial charge in [-0.25, -0.2) is 0 Å². The molecule has 1 atom stereocenters. The largest absolute Gasteiger partial charge is 0.356 e. The van der Waals surface area contributed by atoms with Crippen LogP contribution in [0.15, 0.2) is 0 Å². The molecule has 3 heteroatoms. The first-order chi connectivity index (χ1) is 6.35. The molecule has 0 aromatic rings. The highest BCUT2D eigenvalue weighted by molar-refractivity contribution is 5.76. The van der Waals surface area contributed by atoms with Crippen molar-refractivity contribution in [2.24, 2.45) is 11.1 Å². The van der Waals surface area contributed by atoms with Crippen molar-refractivity contribution in [3.8, 4) is 0 Å². The van der Waals surface area contributed by atoms with E-state index in [-0.39, 0.29) is 17.4 Å². The van der Waals surface area contributed by atoms with Crippen molar-refractivity contribution in [1.82, 2.24) is 5.32 Å². The van der Waals surface area contributed by atoms with Gasteiger partial charge in [-0.2, -0.15) is 0 Å². The summed E-state index contributed by atoms with van der Waals surface area (Å²) in [6.07, 6.45) is 2.40. The molecule has 0 aromatic heterocycles. The van der Waals surface area contributed by atoms with E-state index in [0.29, 0.717) is 13.0 Å². The topological polar surface area (TPSA) is 55.1 Å². The molecular formula is C11H24N2O. The number of nitrogens with two attached hydrogens (primary N) is 1. The standard InChI is InChI=1S/C11H24N2O/c1-5-6-9(12)7-10(14)13-8-11(2,3)4/h9H,5-8,12H2,1-4H3,(H,13,14). The van der Waals surface area contributed by atoms with Crippen LogP contribution in [0.4, 0.5) is 0 Å². The Morgan fingerprint density at radius 1 is 1.43 bits per heavy atom. The molecule has 0 saturated heterocycles. The molecule has 0 radical (unpaired) electrons. The van der Waals surface area contributed by atoms with E-state index in [1.54, 1.807) is 0 Å². The summed E-state index contributed by atoms with van der Waals surface area (Å²) < 4.78 is 0. The van der Waals surface area contributed by atoms with Crippen LogP contribution < -0.4 is 11.1 Å². The highest BCUT2D eigenvalue weighted by Gasteiger charge is 2.13. The second-order valence-corrected chi connectivity index (χ2v) is 5.09. The molecule has 0 spiro atoms. The molecule has 0 heterocycles. The Morgan fingerprint density at radius 2 is 2.00 bits per heavy atom. The quantitative estimate of drug-likeness (QED) is 0.709. The fourth-order valence-electron chi connectivity index (χ4n) is 1.15. The maximum atomic E-state index is 11.4. The highest BCUT2D eigenvalue weighted by atomic mass is 16.1. The zero-order valence-corrected chi connectivity index (χ0v) is 9.89. The van der Waals surface area contributed by atoms with Gasteiger partial charge in [0, 0.05) is 19.0 Å². The summed E-state index contributed by atoms with van der Waals surface area (Å²) in [6.45, 7) is 9.08. The van der Waals surface area contributed by atoms with Crippen LogP contribution in [-0.2, 0) is 4.79 Å². The number of amides is 1. The average molecular weight is 200 g/mol. The van der Waals surface area contributed by atoms with Gasteiger partial charge >= 0.3 is 0 Å². The third-order valence-corrected chi connectivity index (χ3v) is 1.92. The van der Waals surface area contributed by atoms with Crippen LogP contribution in [0.1, 0.15) is 47.0 Å². The third-order valence-electron chi connectivity index (χ3n) is 1.92. The summed E-state index contributed by atoms with van der Waals surface area (Å²) in [4.78, 5) is 11.4. The van der Waals surface area contributed by atoms with Gasteiger partial charge < -0.3 is 11.1 Å². The van der Waals surface area contributed by atoms with E-state index in [9.17, 15) is 4.79 Å². The normalized spacial score (nSPS) is 13.8. The fourth-order valence-corrected chi connectivity index (χ4v) is 1.15. The van der Waals surface area contributed by atoms with Crippen molar-refractivity contribution in [3.63, 3.8) is 0 Å². The predicted octanol–water partition coefficient (Wildman–Crippen LogP) is 1.67. The molecule has 0 aliphatic heterocycles. The third kappa shape index (κ3) is 8.05. The van der Waals surface area contributed by atoms with Crippen molar-refractivity contribution in [1.29, 1.82) is 0 Å². The van der Waals surface area contributed by atoms with Crippen LogP contribution in [0.25, 0.3) is 0 Å². The number of hydrogen-bond donors (Lipinski definition) is 2. The molecule has 0 fully saturated rings. The van der Waals surface area contributed by atoms with Crippen molar-refractivity contribution in [2.45, 2.75) is 53.0 Å². The molecule has 0 bridgehead atoms. The Balaban J connectivity index is 3.65. The molecule has 0 saturated carbocycles. The monoisotopic (exact) mass is 200 g/mol. The number of hydrogen-bond acceptors (Lipinski definition) is 2. The zero-order valence-electron chi connectivity index (χ0n) is 9.89. The minimum atomic E-state index is 0.0139. The summed E-state index contributed by atoms with van der Waals surface area (Å²) in [6, 6.07) is 0.0139. The van der Waals surface area contributed by atoms with E-state index in [4.69, 9.17) is 5.73 Å². The van der Waals surface area contributed by atoms with Gasteiger partial charge in [-0.05, 0) is 11.8 Å². The van der Waals surface area contributed by atoms with E-state index >= 15 is 0 Å². The molecule has 1 unspecified atom stereocenters. The second-order valence-electron chi connectivity index (χ2n) is 5.09. The lowest BCUT2D eigenvalue weighted by Gasteiger charge is -2.19. The zero-order chi connectivity index (χ0) is 11.2. The molecule has 3 N–H and O–H groups in total. The minimum Gasteiger partial charge on any atom is -0.356 e. The second kappa shape index (κ2) is 6.02. The first-order valence-electron chi connectivity index (χ1n) is 5.37. The van der Waals surface area contributed by atoms with Gasteiger partial charge in [0.25, 0.3) is 0 Å². The molecule has 3 nitrogen and oxygen atoms in total. The maximum Gasteiger partial charge on any atom is 0.221 e. The van der Waals surface area contributed by atoms with E-state index in [2.05, 4.69) is 33.0 Å². The fraction of sp³-hybridized carbons (Fsp3) is 0.909. The van der Waals surface area contributed by atoms with Gasteiger partial charge in [-0.15, -0.1) is 0 Å². The summed E-state index contributed by atoms with van der Waals surface area (Å²) in [5.41, 5.74) is 5.91.